The minimum atomic E-state index is -0.175. The number of aliphatic imine (C=N–C) groups is 1. The number of hydrogen-bond acceptors (Lipinski definition) is 2. The first kappa shape index (κ1) is 22.6. The Kier molecular flexibility index (Phi) is 9.18. The summed E-state index contributed by atoms with van der Waals surface area (Å²) in [7, 11) is 1.76. The smallest absolute Gasteiger partial charge is 0.191 e. The molecule has 28 heavy (non-hydrogen) atoms. The summed E-state index contributed by atoms with van der Waals surface area (Å²) in [6, 6.07) is 15.6. The molecule has 1 aliphatic heterocycles. The fourth-order valence-electron chi connectivity index (χ4n) is 3.51. The van der Waals surface area contributed by atoms with Gasteiger partial charge in [0.1, 0.15) is 5.82 Å². The van der Waals surface area contributed by atoms with Crippen LogP contribution in [0.3, 0.4) is 0 Å². The molecule has 0 radical (unpaired) electrons. The highest BCUT2D eigenvalue weighted by Crippen LogP contribution is 2.33. The fourth-order valence-corrected chi connectivity index (χ4v) is 3.51. The molecule has 6 heteroatoms. The number of halogens is 2. The Labute approximate surface area is 184 Å². The zero-order chi connectivity index (χ0) is 19.1. The van der Waals surface area contributed by atoms with Gasteiger partial charge in [-0.05, 0) is 42.5 Å². The first-order valence-corrected chi connectivity index (χ1v) is 9.53. The van der Waals surface area contributed by atoms with Gasteiger partial charge in [0.25, 0.3) is 0 Å². The molecule has 0 amide bonds. The SMILES string of the molecule is CN=C(NCc1ccc(F)c(C)c1)NCC1CCCOC1c1ccccc1.I. The van der Waals surface area contributed by atoms with Crippen LogP contribution in [0.15, 0.2) is 53.5 Å². The Balaban J connectivity index is 0.00000280. The van der Waals surface area contributed by atoms with E-state index in [2.05, 4.69) is 39.9 Å². The highest BCUT2D eigenvalue weighted by Gasteiger charge is 2.27. The van der Waals surface area contributed by atoms with E-state index in [9.17, 15) is 4.39 Å². The van der Waals surface area contributed by atoms with Gasteiger partial charge >= 0.3 is 0 Å². The molecule has 2 N–H and O–H groups in total. The quantitative estimate of drug-likeness (QED) is 0.361. The maximum absolute atomic E-state index is 13.4. The molecule has 1 fully saturated rings. The maximum Gasteiger partial charge on any atom is 0.191 e. The summed E-state index contributed by atoms with van der Waals surface area (Å²) < 4.78 is 19.5. The normalized spacial score (nSPS) is 19.6. The molecule has 1 saturated heterocycles. The van der Waals surface area contributed by atoms with Crippen LogP contribution < -0.4 is 10.6 Å². The van der Waals surface area contributed by atoms with Gasteiger partial charge in [-0.3, -0.25) is 4.99 Å². The van der Waals surface area contributed by atoms with Gasteiger partial charge in [0.05, 0.1) is 6.10 Å². The van der Waals surface area contributed by atoms with E-state index in [1.54, 1.807) is 20.0 Å². The third-order valence-corrected chi connectivity index (χ3v) is 5.01. The third-order valence-electron chi connectivity index (χ3n) is 5.01. The first-order chi connectivity index (χ1) is 13.2. The molecule has 0 aromatic heterocycles. The number of hydrogen-bond donors (Lipinski definition) is 2. The summed E-state index contributed by atoms with van der Waals surface area (Å²) in [6.45, 7) is 3.98. The molecule has 1 heterocycles. The van der Waals surface area contributed by atoms with Gasteiger partial charge in [-0.15, -0.1) is 24.0 Å². The van der Waals surface area contributed by atoms with E-state index in [0.29, 0.717) is 18.0 Å². The van der Waals surface area contributed by atoms with E-state index < -0.39 is 0 Å². The molecule has 0 spiro atoms. The van der Waals surface area contributed by atoms with Crippen LogP contribution in [-0.2, 0) is 11.3 Å². The van der Waals surface area contributed by atoms with E-state index in [1.165, 1.54) is 11.6 Å². The Morgan fingerprint density at radius 1 is 1.18 bits per heavy atom. The summed E-state index contributed by atoms with van der Waals surface area (Å²) in [4.78, 5) is 4.30. The van der Waals surface area contributed by atoms with Crippen LogP contribution in [0, 0.1) is 18.7 Å². The van der Waals surface area contributed by atoms with Crippen molar-refractivity contribution in [2.75, 3.05) is 20.2 Å². The highest BCUT2D eigenvalue weighted by atomic mass is 127. The first-order valence-electron chi connectivity index (χ1n) is 9.53. The predicted molar refractivity (Wildman–Crippen MR) is 123 cm³/mol. The zero-order valence-corrected chi connectivity index (χ0v) is 18.8. The van der Waals surface area contributed by atoms with Crippen molar-refractivity contribution in [2.24, 2.45) is 10.9 Å². The van der Waals surface area contributed by atoms with Gasteiger partial charge in [-0.1, -0.05) is 42.5 Å². The number of ether oxygens (including phenoxy) is 1. The van der Waals surface area contributed by atoms with E-state index >= 15 is 0 Å². The van der Waals surface area contributed by atoms with Gasteiger partial charge in [-0.25, -0.2) is 4.39 Å². The molecule has 2 aromatic rings. The van der Waals surface area contributed by atoms with E-state index in [4.69, 9.17) is 4.74 Å². The summed E-state index contributed by atoms with van der Waals surface area (Å²) in [5, 5.41) is 6.72. The summed E-state index contributed by atoms with van der Waals surface area (Å²) in [6.07, 6.45) is 2.32. The number of aryl methyl sites for hydroxylation is 1. The fraction of sp³-hybridized carbons (Fsp3) is 0.409. The molecule has 0 bridgehead atoms. The minimum absolute atomic E-state index is 0. The van der Waals surface area contributed by atoms with Crippen molar-refractivity contribution in [3.8, 4) is 0 Å². The number of nitrogens with one attached hydrogen (secondary N) is 2. The summed E-state index contributed by atoms with van der Waals surface area (Å²) in [5.41, 5.74) is 2.91. The van der Waals surface area contributed by atoms with Crippen LogP contribution in [0.1, 0.15) is 35.6 Å². The molecule has 2 atom stereocenters. The lowest BCUT2D eigenvalue weighted by Crippen LogP contribution is -2.41. The summed E-state index contributed by atoms with van der Waals surface area (Å²) >= 11 is 0. The largest absolute Gasteiger partial charge is 0.373 e. The van der Waals surface area contributed by atoms with Gasteiger partial charge in [-0.2, -0.15) is 0 Å². The molecule has 0 aliphatic carbocycles. The van der Waals surface area contributed by atoms with Crippen molar-refractivity contribution in [3.63, 3.8) is 0 Å². The molecule has 2 unspecified atom stereocenters. The van der Waals surface area contributed by atoms with Gasteiger partial charge < -0.3 is 15.4 Å². The third kappa shape index (κ3) is 6.17. The predicted octanol–water partition coefficient (Wildman–Crippen LogP) is 4.59. The number of rotatable bonds is 5. The van der Waals surface area contributed by atoms with Gasteiger partial charge in [0.15, 0.2) is 5.96 Å². The lowest BCUT2D eigenvalue weighted by Gasteiger charge is -2.32. The standard InChI is InChI=1S/C22H28FN3O.HI/c1-16-13-17(10-11-20(16)23)14-25-22(24-2)26-15-19-9-6-12-27-21(19)18-7-4-3-5-8-18;/h3-5,7-8,10-11,13,19,21H,6,9,12,14-15H2,1-2H3,(H2,24,25,26);1H. The Morgan fingerprint density at radius 3 is 2.68 bits per heavy atom. The van der Waals surface area contributed by atoms with Crippen LogP contribution in [-0.4, -0.2) is 26.2 Å². The van der Waals surface area contributed by atoms with E-state index in [1.807, 2.05) is 12.1 Å². The molecular formula is C22H29FIN3O. The van der Waals surface area contributed by atoms with Gasteiger partial charge in [0.2, 0.25) is 0 Å². The molecule has 3 rings (SSSR count). The van der Waals surface area contributed by atoms with Crippen molar-refractivity contribution in [1.82, 2.24) is 10.6 Å². The van der Waals surface area contributed by atoms with Crippen LogP contribution in [0.2, 0.25) is 0 Å². The molecule has 152 valence electrons. The van der Waals surface area contributed by atoms with Crippen molar-refractivity contribution in [2.45, 2.75) is 32.4 Å². The number of guanidine groups is 1. The van der Waals surface area contributed by atoms with Crippen molar-refractivity contribution >= 4 is 29.9 Å². The molecule has 2 aromatic carbocycles. The molecule has 1 aliphatic rings. The molecular weight excluding hydrogens is 468 g/mol. The average Bonchev–Trinajstić information content (AvgIpc) is 2.71. The van der Waals surface area contributed by atoms with E-state index in [0.717, 1.165) is 37.5 Å². The lowest BCUT2D eigenvalue weighted by molar-refractivity contribution is -0.0265. The maximum atomic E-state index is 13.4. The Hall–Kier alpha value is -1.67. The highest BCUT2D eigenvalue weighted by molar-refractivity contribution is 14.0. The Morgan fingerprint density at radius 2 is 1.96 bits per heavy atom. The second-order valence-electron chi connectivity index (χ2n) is 6.99. The van der Waals surface area contributed by atoms with Crippen molar-refractivity contribution in [3.05, 3.63) is 71.0 Å². The second-order valence-corrected chi connectivity index (χ2v) is 6.99. The van der Waals surface area contributed by atoms with Crippen LogP contribution in [0.5, 0.6) is 0 Å². The summed E-state index contributed by atoms with van der Waals surface area (Å²) in [5.74, 6) is 0.965. The number of benzene rings is 2. The van der Waals surface area contributed by atoms with Gasteiger partial charge in [0, 0.05) is 32.7 Å². The van der Waals surface area contributed by atoms with E-state index in [-0.39, 0.29) is 35.9 Å². The number of nitrogens with zero attached hydrogens (tertiary/aromatic N) is 1. The van der Waals surface area contributed by atoms with Crippen LogP contribution in [0.4, 0.5) is 4.39 Å². The average molecular weight is 497 g/mol. The van der Waals surface area contributed by atoms with Crippen molar-refractivity contribution < 1.29 is 9.13 Å². The minimum Gasteiger partial charge on any atom is -0.373 e. The van der Waals surface area contributed by atoms with Crippen LogP contribution >= 0.6 is 24.0 Å². The molecule has 4 nitrogen and oxygen atoms in total. The Bertz CT molecular complexity index is 770. The van der Waals surface area contributed by atoms with Crippen LogP contribution in [0.25, 0.3) is 0 Å². The monoisotopic (exact) mass is 497 g/mol. The zero-order valence-electron chi connectivity index (χ0n) is 16.5. The lowest BCUT2D eigenvalue weighted by atomic mass is 9.89. The second kappa shape index (κ2) is 11.4. The van der Waals surface area contributed by atoms with Crippen molar-refractivity contribution in [1.29, 1.82) is 0 Å². The topological polar surface area (TPSA) is 45.7 Å². The molecule has 0 saturated carbocycles.